The Labute approximate surface area is 159 Å². The van der Waals surface area contributed by atoms with Crippen LogP contribution in [0.15, 0.2) is 22.9 Å². The molecule has 2 aliphatic rings. The van der Waals surface area contributed by atoms with Crippen molar-refractivity contribution in [3.05, 3.63) is 35.5 Å². The van der Waals surface area contributed by atoms with Gasteiger partial charge in [-0.25, -0.2) is 9.97 Å². The highest BCUT2D eigenvalue weighted by molar-refractivity contribution is 5.95. The minimum atomic E-state index is 0.0736. The lowest BCUT2D eigenvalue weighted by atomic mass is 10.0. The molecule has 0 aromatic carbocycles. The highest BCUT2D eigenvalue weighted by Gasteiger charge is 2.37. The number of amides is 1. The van der Waals surface area contributed by atoms with E-state index in [9.17, 15) is 4.79 Å². The van der Waals surface area contributed by atoms with E-state index < -0.39 is 0 Å². The van der Waals surface area contributed by atoms with Gasteiger partial charge in [-0.2, -0.15) is 0 Å². The number of likely N-dealkylation sites (tertiary alicyclic amines) is 1. The van der Waals surface area contributed by atoms with E-state index in [2.05, 4.69) is 14.9 Å². The average Bonchev–Trinajstić information content (AvgIpc) is 3.45. The summed E-state index contributed by atoms with van der Waals surface area (Å²) in [5, 5.41) is 0. The van der Waals surface area contributed by atoms with Crippen LogP contribution in [0, 0.1) is 13.8 Å². The minimum absolute atomic E-state index is 0.0736. The molecular formula is C20H26N4O3. The molecule has 0 atom stereocenters. The van der Waals surface area contributed by atoms with Crippen LogP contribution in [-0.4, -0.2) is 53.1 Å². The molecule has 27 heavy (non-hydrogen) atoms. The number of rotatable bonds is 5. The third-order valence-corrected chi connectivity index (χ3v) is 5.46. The van der Waals surface area contributed by atoms with Crippen molar-refractivity contribution in [3.8, 4) is 5.88 Å². The quantitative estimate of drug-likeness (QED) is 0.806. The van der Waals surface area contributed by atoms with E-state index in [0.29, 0.717) is 29.3 Å². The lowest BCUT2D eigenvalue weighted by Gasteiger charge is -2.39. The zero-order valence-electron chi connectivity index (χ0n) is 16.1. The molecule has 144 valence electrons. The first-order chi connectivity index (χ1) is 13.1. The van der Waals surface area contributed by atoms with E-state index in [1.807, 2.05) is 30.9 Å². The van der Waals surface area contributed by atoms with E-state index in [4.69, 9.17) is 9.15 Å². The van der Waals surface area contributed by atoms with Gasteiger partial charge in [-0.3, -0.25) is 4.79 Å². The fourth-order valence-corrected chi connectivity index (χ4v) is 3.97. The van der Waals surface area contributed by atoms with Crippen LogP contribution in [0.5, 0.6) is 5.88 Å². The first-order valence-electron chi connectivity index (χ1n) is 9.57. The van der Waals surface area contributed by atoms with Crippen LogP contribution in [-0.2, 0) is 0 Å². The zero-order chi connectivity index (χ0) is 19.0. The van der Waals surface area contributed by atoms with E-state index in [0.717, 1.165) is 37.5 Å². The van der Waals surface area contributed by atoms with Crippen LogP contribution < -0.4 is 9.64 Å². The molecule has 1 aliphatic carbocycles. The second-order valence-corrected chi connectivity index (χ2v) is 7.41. The summed E-state index contributed by atoms with van der Waals surface area (Å²) in [7, 11) is 1.62. The third kappa shape index (κ3) is 3.63. The maximum Gasteiger partial charge on any atom is 0.257 e. The van der Waals surface area contributed by atoms with Crippen LogP contribution in [0.3, 0.4) is 0 Å². The standard InChI is InChI=1S/C20H26N4O3/c1-13-10-17(14(2)27-13)20(25)23-8-6-16(7-9-23)24(15-4-5-15)18-11-19(26-3)22-12-21-18/h10-12,15-16H,4-9H2,1-3H3. The maximum absolute atomic E-state index is 12.8. The Balaban J connectivity index is 1.45. The van der Waals surface area contributed by atoms with Gasteiger partial charge in [0.1, 0.15) is 23.7 Å². The molecule has 2 fully saturated rings. The Morgan fingerprint density at radius 2 is 1.85 bits per heavy atom. The van der Waals surface area contributed by atoms with Gasteiger partial charge >= 0.3 is 0 Å². The number of ether oxygens (including phenoxy) is 1. The van der Waals surface area contributed by atoms with Crippen molar-refractivity contribution in [1.82, 2.24) is 14.9 Å². The van der Waals surface area contributed by atoms with Gasteiger partial charge in [-0.1, -0.05) is 0 Å². The Bertz CT molecular complexity index is 822. The number of hydrogen-bond donors (Lipinski definition) is 0. The summed E-state index contributed by atoms with van der Waals surface area (Å²) in [6, 6.07) is 4.67. The summed E-state index contributed by atoms with van der Waals surface area (Å²) < 4.78 is 10.8. The molecule has 0 spiro atoms. The Morgan fingerprint density at radius 1 is 1.15 bits per heavy atom. The van der Waals surface area contributed by atoms with Gasteiger partial charge in [0.2, 0.25) is 5.88 Å². The summed E-state index contributed by atoms with van der Waals surface area (Å²) in [5.41, 5.74) is 0.686. The van der Waals surface area contributed by atoms with Crippen molar-refractivity contribution in [2.75, 3.05) is 25.1 Å². The van der Waals surface area contributed by atoms with Crippen LogP contribution in [0.25, 0.3) is 0 Å². The number of piperidine rings is 1. The molecule has 1 aliphatic heterocycles. The van der Waals surface area contributed by atoms with E-state index in [1.54, 1.807) is 13.4 Å². The van der Waals surface area contributed by atoms with Crippen molar-refractivity contribution < 1.29 is 13.9 Å². The molecule has 0 unspecified atom stereocenters. The monoisotopic (exact) mass is 370 g/mol. The maximum atomic E-state index is 12.8. The number of aryl methyl sites for hydroxylation is 2. The molecule has 0 N–H and O–H groups in total. The lowest BCUT2D eigenvalue weighted by Crippen LogP contribution is -2.48. The van der Waals surface area contributed by atoms with Gasteiger partial charge in [-0.05, 0) is 45.6 Å². The number of carbonyl (C=O) groups excluding carboxylic acids is 1. The van der Waals surface area contributed by atoms with Crippen molar-refractivity contribution in [1.29, 1.82) is 0 Å². The molecule has 0 radical (unpaired) electrons. The molecule has 2 aromatic heterocycles. The number of nitrogens with zero attached hydrogens (tertiary/aromatic N) is 4. The first-order valence-corrected chi connectivity index (χ1v) is 9.57. The fraction of sp³-hybridized carbons (Fsp3) is 0.550. The molecule has 3 heterocycles. The fourth-order valence-electron chi connectivity index (χ4n) is 3.97. The molecule has 0 bridgehead atoms. The van der Waals surface area contributed by atoms with Gasteiger partial charge in [0, 0.05) is 31.2 Å². The van der Waals surface area contributed by atoms with Gasteiger partial charge < -0.3 is 19.0 Å². The van der Waals surface area contributed by atoms with E-state index in [-0.39, 0.29) is 5.91 Å². The minimum Gasteiger partial charge on any atom is -0.481 e. The summed E-state index contributed by atoms with van der Waals surface area (Å²) in [6.45, 7) is 5.22. The molecule has 1 amide bonds. The molecular weight excluding hydrogens is 344 g/mol. The molecule has 2 aromatic rings. The summed E-state index contributed by atoms with van der Waals surface area (Å²) in [4.78, 5) is 25.8. The van der Waals surface area contributed by atoms with Gasteiger partial charge in [0.15, 0.2) is 0 Å². The average molecular weight is 370 g/mol. The van der Waals surface area contributed by atoms with Crippen molar-refractivity contribution in [3.63, 3.8) is 0 Å². The largest absolute Gasteiger partial charge is 0.481 e. The number of furan rings is 1. The Morgan fingerprint density at radius 3 is 2.44 bits per heavy atom. The highest BCUT2D eigenvalue weighted by Crippen LogP contribution is 2.36. The lowest BCUT2D eigenvalue weighted by molar-refractivity contribution is 0.0710. The van der Waals surface area contributed by atoms with Crippen molar-refractivity contribution >= 4 is 11.7 Å². The SMILES string of the molecule is COc1cc(N(C2CC2)C2CCN(C(=O)c3cc(C)oc3C)CC2)ncn1. The van der Waals surface area contributed by atoms with Gasteiger partial charge in [-0.15, -0.1) is 0 Å². The Kier molecular flexibility index (Phi) is 4.76. The molecule has 1 saturated carbocycles. The van der Waals surface area contributed by atoms with Crippen LogP contribution in [0.4, 0.5) is 5.82 Å². The third-order valence-electron chi connectivity index (χ3n) is 5.46. The summed E-state index contributed by atoms with van der Waals surface area (Å²) >= 11 is 0. The number of anilines is 1. The predicted octanol–water partition coefficient (Wildman–Crippen LogP) is 2.97. The van der Waals surface area contributed by atoms with Crippen LogP contribution in [0.1, 0.15) is 47.6 Å². The topological polar surface area (TPSA) is 71.7 Å². The highest BCUT2D eigenvalue weighted by atomic mass is 16.5. The smallest absolute Gasteiger partial charge is 0.257 e. The van der Waals surface area contributed by atoms with E-state index >= 15 is 0 Å². The second-order valence-electron chi connectivity index (χ2n) is 7.41. The zero-order valence-corrected chi connectivity index (χ0v) is 16.1. The summed E-state index contributed by atoms with van der Waals surface area (Å²) in [6.07, 6.45) is 5.82. The van der Waals surface area contributed by atoms with Crippen molar-refractivity contribution in [2.45, 2.75) is 51.6 Å². The van der Waals surface area contributed by atoms with Gasteiger partial charge in [0.25, 0.3) is 5.91 Å². The molecule has 4 rings (SSSR count). The van der Waals surface area contributed by atoms with E-state index in [1.165, 1.54) is 12.8 Å². The van der Waals surface area contributed by atoms with Gasteiger partial charge in [0.05, 0.1) is 12.7 Å². The van der Waals surface area contributed by atoms with Crippen LogP contribution in [0.2, 0.25) is 0 Å². The number of hydrogen-bond acceptors (Lipinski definition) is 6. The van der Waals surface area contributed by atoms with Crippen molar-refractivity contribution in [2.24, 2.45) is 0 Å². The number of carbonyl (C=O) groups is 1. The second kappa shape index (κ2) is 7.21. The first kappa shape index (κ1) is 17.8. The Hall–Kier alpha value is -2.57. The molecule has 7 nitrogen and oxygen atoms in total. The molecule has 1 saturated heterocycles. The summed E-state index contributed by atoms with van der Waals surface area (Å²) in [5.74, 6) is 3.07. The molecule has 7 heteroatoms. The normalized spacial score (nSPS) is 17.8. The number of methoxy groups -OCH3 is 1. The number of aromatic nitrogens is 2. The predicted molar refractivity (Wildman–Crippen MR) is 101 cm³/mol. The van der Waals surface area contributed by atoms with Crippen LogP contribution >= 0.6 is 0 Å².